The molecule has 0 bridgehead atoms. The third-order valence-corrected chi connectivity index (χ3v) is 5.86. The average molecular weight is 388 g/mol. The fraction of sp³-hybridized carbons (Fsp3) is 0.381. The molecular formula is C21H27N2O3S+. The Morgan fingerprint density at radius 3 is 2.78 bits per heavy atom. The predicted octanol–water partition coefficient (Wildman–Crippen LogP) is 2.78. The number of carbonyl (C=O) groups excluding carboxylic acids is 1. The minimum absolute atomic E-state index is 0.0419. The van der Waals surface area contributed by atoms with Crippen molar-refractivity contribution < 1.29 is 19.2 Å². The molecule has 2 N–H and O–H groups in total. The van der Waals surface area contributed by atoms with Crippen LogP contribution in [0.15, 0.2) is 47.4 Å². The fourth-order valence-electron chi connectivity index (χ4n) is 3.76. The van der Waals surface area contributed by atoms with E-state index in [1.165, 1.54) is 4.90 Å². The van der Waals surface area contributed by atoms with Crippen LogP contribution in [-0.2, 0) is 4.79 Å². The van der Waals surface area contributed by atoms with E-state index in [4.69, 9.17) is 9.47 Å². The van der Waals surface area contributed by atoms with E-state index in [0.29, 0.717) is 6.54 Å². The number of ether oxygens (including phenoxy) is 2. The zero-order valence-electron chi connectivity index (χ0n) is 16.1. The summed E-state index contributed by atoms with van der Waals surface area (Å²) >= 11 is 1.63. The van der Waals surface area contributed by atoms with Crippen molar-refractivity contribution >= 4 is 23.4 Å². The van der Waals surface area contributed by atoms with Crippen LogP contribution in [0.2, 0.25) is 0 Å². The lowest BCUT2D eigenvalue weighted by atomic mass is 10.0. The molecule has 1 unspecified atom stereocenters. The number of nitrogens with one attached hydrogen (secondary N) is 2. The highest BCUT2D eigenvalue weighted by molar-refractivity contribution is 7.98. The lowest BCUT2D eigenvalue weighted by Crippen LogP contribution is -3.11. The van der Waals surface area contributed by atoms with Gasteiger partial charge in [-0.25, -0.2) is 0 Å². The third kappa shape index (κ3) is 4.57. The molecule has 1 fully saturated rings. The third-order valence-electron chi connectivity index (χ3n) is 5.06. The van der Waals surface area contributed by atoms with Crippen LogP contribution in [0, 0.1) is 0 Å². The molecule has 3 rings (SSSR count). The highest BCUT2D eigenvalue weighted by Gasteiger charge is 2.34. The van der Waals surface area contributed by atoms with Crippen LogP contribution in [0.3, 0.4) is 0 Å². The number of benzene rings is 2. The van der Waals surface area contributed by atoms with Crippen LogP contribution in [0.5, 0.6) is 11.5 Å². The van der Waals surface area contributed by atoms with Crippen LogP contribution in [0.1, 0.15) is 24.4 Å². The van der Waals surface area contributed by atoms with Gasteiger partial charge in [0.1, 0.15) is 17.5 Å². The Morgan fingerprint density at radius 1 is 1.22 bits per heavy atom. The first kappa shape index (κ1) is 19.6. The molecule has 144 valence electrons. The summed E-state index contributed by atoms with van der Waals surface area (Å²) in [5, 5.41) is 3.07. The molecule has 2 aromatic carbocycles. The lowest BCUT2D eigenvalue weighted by molar-refractivity contribution is -0.910. The molecule has 1 saturated heterocycles. The van der Waals surface area contributed by atoms with E-state index < -0.39 is 0 Å². The van der Waals surface area contributed by atoms with Crippen molar-refractivity contribution in [3.8, 4) is 11.5 Å². The molecule has 1 aliphatic rings. The van der Waals surface area contributed by atoms with Gasteiger partial charge in [-0.2, -0.15) is 0 Å². The van der Waals surface area contributed by atoms with Gasteiger partial charge in [-0.3, -0.25) is 4.79 Å². The van der Waals surface area contributed by atoms with Crippen molar-refractivity contribution in [3.05, 3.63) is 48.0 Å². The molecule has 27 heavy (non-hydrogen) atoms. The summed E-state index contributed by atoms with van der Waals surface area (Å²) in [7, 11) is 3.35. The molecule has 5 nitrogen and oxygen atoms in total. The second-order valence-corrected chi connectivity index (χ2v) is 7.48. The molecular weight excluding hydrogens is 360 g/mol. The van der Waals surface area contributed by atoms with Crippen molar-refractivity contribution in [2.45, 2.75) is 23.8 Å². The number of rotatable bonds is 7. The number of hydrogen-bond donors (Lipinski definition) is 2. The Hall–Kier alpha value is -2.18. The number of hydrogen-bond acceptors (Lipinski definition) is 4. The van der Waals surface area contributed by atoms with E-state index in [1.54, 1.807) is 26.0 Å². The summed E-state index contributed by atoms with van der Waals surface area (Å²) in [6.07, 6.45) is 4.14. The standard InChI is InChI=1S/C21H26N2O3S/c1-25-15-10-11-19(26-2)16(13-15)18-8-6-12-23(18)14-21(24)22-17-7-4-5-9-20(17)27-3/h4-5,7,9-11,13,18H,6,8,12,14H2,1-3H3,(H,22,24)/p+1/t18-/m1/s1. The molecule has 0 radical (unpaired) electrons. The first-order valence-corrected chi connectivity index (χ1v) is 10.4. The number of likely N-dealkylation sites (tertiary alicyclic amines) is 1. The normalized spacial score (nSPS) is 18.9. The zero-order valence-corrected chi connectivity index (χ0v) is 16.9. The van der Waals surface area contributed by atoms with Gasteiger partial charge in [0.15, 0.2) is 6.54 Å². The maximum absolute atomic E-state index is 12.7. The summed E-state index contributed by atoms with van der Waals surface area (Å²) in [6.45, 7) is 1.41. The second-order valence-electron chi connectivity index (χ2n) is 6.64. The van der Waals surface area contributed by atoms with E-state index in [-0.39, 0.29) is 11.9 Å². The quantitative estimate of drug-likeness (QED) is 0.718. The summed E-state index contributed by atoms with van der Waals surface area (Å²) < 4.78 is 11.0. The van der Waals surface area contributed by atoms with Gasteiger partial charge in [0, 0.05) is 17.7 Å². The molecule has 6 heteroatoms. The maximum Gasteiger partial charge on any atom is 0.279 e. The first-order valence-electron chi connectivity index (χ1n) is 9.15. The summed E-state index contributed by atoms with van der Waals surface area (Å²) in [6, 6.07) is 14.0. The van der Waals surface area contributed by atoms with E-state index in [9.17, 15) is 4.79 Å². The Bertz CT molecular complexity index is 797. The monoisotopic (exact) mass is 387 g/mol. The van der Waals surface area contributed by atoms with E-state index >= 15 is 0 Å². The smallest absolute Gasteiger partial charge is 0.279 e. The Morgan fingerprint density at radius 2 is 2.04 bits per heavy atom. The molecule has 0 aromatic heterocycles. The highest BCUT2D eigenvalue weighted by Crippen LogP contribution is 2.31. The van der Waals surface area contributed by atoms with Crippen LogP contribution in [0.25, 0.3) is 0 Å². The number of anilines is 1. The van der Waals surface area contributed by atoms with Crippen LogP contribution in [0.4, 0.5) is 5.69 Å². The number of para-hydroxylation sites is 1. The van der Waals surface area contributed by atoms with Crippen molar-refractivity contribution in [2.24, 2.45) is 0 Å². The van der Waals surface area contributed by atoms with E-state index in [1.807, 2.05) is 48.7 Å². The predicted molar refractivity (Wildman–Crippen MR) is 109 cm³/mol. The number of methoxy groups -OCH3 is 2. The van der Waals surface area contributed by atoms with Crippen molar-refractivity contribution in [1.29, 1.82) is 0 Å². The summed E-state index contributed by atoms with van der Waals surface area (Å²) in [5.74, 6) is 1.71. The Labute approximate surface area is 165 Å². The summed E-state index contributed by atoms with van der Waals surface area (Å²) in [5.41, 5.74) is 1.99. The minimum Gasteiger partial charge on any atom is -0.497 e. The highest BCUT2D eigenvalue weighted by atomic mass is 32.2. The van der Waals surface area contributed by atoms with Crippen molar-refractivity contribution in [3.63, 3.8) is 0 Å². The average Bonchev–Trinajstić information content (AvgIpc) is 3.15. The Kier molecular flexibility index (Phi) is 6.63. The molecule has 2 atom stereocenters. The largest absolute Gasteiger partial charge is 0.497 e. The maximum atomic E-state index is 12.7. The zero-order chi connectivity index (χ0) is 19.2. The summed E-state index contributed by atoms with van der Waals surface area (Å²) in [4.78, 5) is 15.0. The van der Waals surface area contributed by atoms with Gasteiger partial charge in [0.25, 0.3) is 5.91 Å². The van der Waals surface area contributed by atoms with Gasteiger partial charge in [-0.1, -0.05) is 12.1 Å². The van der Waals surface area contributed by atoms with E-state index in [0.717, 1.165) is 47.0 Å². The lowest BCUT2D eigenvalue weighted by Gasteiger charge is -2.23. The number of quaternary nitrogens is 1. The van der Waals surface area contributed by atoms with Crippen LogP contribution in [-0.4, -0.2) is 39.5 Å². The Balaban J connectivity index is 1.74. The number of thioether (sulfide) groups is 1. The number of amides is 1. The number of carbonyl (C=O) groups is 1. The SMILES string of the molecule is COc1ccc(OC)c([C@H]2CCC[NH+]2CC(=O)Nc2ccccc2SC)c1. The second kappa shape index (κ2) is 9.15. The minimum atomic E-state index is 0.0419. The van der Waals surface area contributed by atoms with Gasteiger partial charge in [0.05, 0.1) is 32.0 Å². The molecule has 0 saturated carbocycles. The van der Waals surface area contributed by atoms with E-state index in [2.05, 4.69) is 5.32 Å². The van der Waals surface area contributed by atoms with Crippen LogP contribution < -0.4 is 19.7 Å². The van der Waals surface area contributed by atoms with Crippen molar-refractivity contribution in [2.75, 3.05) is 38.9 Å². The molecule has 2 aromatic rings. The molecule has 1 amide bonds. The molecule has 0 aliphatic carbocycles. The van der Waals surface area contributed by atoms with Crippen molar-refractivity contribution in [1.82, 2.24) is 0 Å². The van der Waals surface area contributed by atoms with Crippen LogP contribution >= 0.6 is 11.8 Å². The van der Waals surface area contributed by atoms with Gasteiger partial charge < -0.3 is 19.7 Å². The van der Waals surface area contributed by atoms with Gasteiger partial charge in [-0.05, 0) is 36.6 Å². The topological polar surface area (TPSA) is 52.0 Å². The first-order chi connectivity index (χ1) is 13.2. The molecule has 0 spiro atoms. The molecule has 1 aliphatic heterocycles. The fourth-order valence-corrected chi connectivity index (χ4v) is 4.31. The van der Waals surface area contributed by atoms with Gasteiger partial charge in [0.2, 0.25) is 0 Å². The molecule has 1 heterocycles. The van der Waals surface area contributed by atoms with Gasteiger partial charge in [-0.15, -0.1) is 11.8 Å². The van der Waals surface area contributed by atoms with Gasteiger partial charge >= 0.3 is 0 Å².